The predicted octanol–water partition coefficient (Wildman–Crippen LogP) is 4.68. The molecular weight excluding hydrogens is 483 g/mol. The van der Waals surface area contributed by atoms with Gasteiger partial charge in [-0.1, -0.05) is 11.6 Å². The van der Waals surface area contributed by atoms with Crippen LogP contribution >= 0.6 is 23.4 Å². The fourth-order valence-corrected chi connectivity index (χ4v) is 4.20. The number of esters is 1. The van der Waals surface area contributed by atoms with Gasteiger partial charge in [0.15, 0.2) is 0 Å². The third-order valence-electron chi connectivity index (χ3n) is 4.89. The molecule has 0 aliphatic carbocycles. The minimum Gasteiger partial charge on any atom is -0.458 e. The van der Waals surface area contributed by atoms with Gasteiger partial charge in [0.05, 0.1) is 10.7 Å². The Morgan fingerprint density at radius 2 is 1.85 bits per heavy atom. The molecule has 33 heavy (non-hydrogen) atoms. The van der Waals surface area contributed by atoms with Gasteiger partial charge in [-0.05, 0) is 49.7 Å². The van der Waals surface area contributed by atoms with E-state index in [-0.39, 0.29) is 23.0 Å². The zero-order valence-electron chi connectivity index (χ0n) is 17.6. The largest absolute Gasteiger partial charge is 0.490 e. The third-order valence-corrected chi connectivity index (χ3v) is 6.36. The number of thioether (sulfide) groups is 1. The molecule has 0 spiro atoms. The van der Waals surface area contributed by atoms with Crippen LogP contribution in [0.3, 0.4) is 0 Å². The Hall–Kier alpha value is -2.79. The molecule has 0 unspecified atom stereocenters. The Balaban J connectivity index is 1.70. The number of halogens is 4. The molecule has 1 fully saturated rings. The smallest absolute Gasteiger partial charge is 0.458 e. The fourth-order valence-electron chi connectivity index (χ4n) is 3.11. The number of aromatic nitrogens is 1. The summed E-state index contributed by atoms with van der Waals surface area (Å²) in [6.07, 6.45) is -1.84. The van der Waals surface area contributed by atoms with E-state index in [1.54, 1.807) is 44.4 Å². The van der Waals surface area contributed by atoms with Crippen molar-refractivity contribution in [2.75, 3.05) is 17.3 Å². The number of rotatable bonds is 7. The molecule has 2 aromatic rings. The van der Waals surface area contributed by atoms with Gasteiger partial charge in [0.25, 0.3) is 5.91 Å². The summed E-state index contributed by atoms with van der Waals surface area (Å²) in [5.74, 6) is -2.64. The van der Waals surface area contributed by atoms with Gasteiger partial charge >= 0.3 is 18.2 Å². The van der Waals surface area contributed by atoms with Crippen molar-refractivity contribution >= 4 is 47.0 Å². The second-order valence-corrected chi connectivity index (χ2v) is 9.06. The molecule has 7 nitrogen and oxygen atoms in total. The summed E-state index contributed by atoms with van der Waals surface area (Å²) in [6, 6.07) is 7.52. The van der Waals surface area contributed by atoms with Crippen molar-refractivity contribution in [2.24, 2.45) is 0 Å². The first-order valence-electron chi connectivity index (χ1n) is 9.64. The molecule has 3 rings (SSSR count). The van der Waals surface area contributed by atoms with Crippen molar-refractivity contribution < 1.29 is 32.3 Å². The van der Waals surface area contributed by atoms with Gasteiger partial charge in [-0.3, -0.25) is 9.78 Å². The van der Waals surface area contributed by atoms with Crippen LogP contribution in [0.25, 0.3) is 0 Å². The number of carbonyl (C=O) groups is 3. The summed E-state index contributed by atoms with van der Waals surface area (Å²) in [5, 5.41) is 0.200. The lowest BCUT2D eigenvalue weighted by atomic mass is 10.0. The standard InChI is InChI=1S/C21H19ClF3N3O4S/c1-20(2)17(29)28(19(31)27(20)12-13-5-7-26-8-6-13)14-3-4-16(15(22)11-14)33-10-9-32-18(30)21(23,24)25/h3-8,11H,9-10,12H2,1-2H3. The second-order valence-electron chi connectivity index (χ2n) is 7.52. The Morgan fingerprint density at radius 1 is 1.18 bits per heavy atom. The Morgan fingerprint density at radius 3 is 2.45 bits per heavy atom. The molecular formula is C21H19ClF3N3O4S. The molecule has 1 aromatic heterocycles. The molecule has 1 aliphatic rings. The van der Waals surface area contributed by atoms with Gasteiger partial charge in [0, 0.05) is 29.6 Å². The number of imide groups is 1. The summed E-state index contributed by atoms with van der Waals surface area (Å²) in [4.78, 5) is 43.8. The lowest BCUT2D eigenvalue weighted by molar-refractivity contribution is -0.199. The van der Waals surface area contributed by atoms with E-state index in [0.717, 1.165) is 22.2 Å². The molecule has 1 saturated heterocycles. The molecule has 0 bridgehead atoms. The van der Waals surface area contributed by atoms with Crippen LogP contribution < -0.4 is 4.90 Å². The summed E-state index contributed by atoms with van der Waals surface area (Å²) in [5.41, 5.74) is -0.00646. The topological polar surface area (TPSA) is 79.8 Å². The number of carbonyl (C=O) groups excluding carboxylic acids is 3. The van der Waals surface area contributed by atoms with Crippen molar-refractivity contribution in [3.05, 3.63) is 53.3 Å². The molecule has 2 heterocycles. The van der Waals surface area contributed by atoms with E-state index in [1.807, 2.05) is 0 Å². The second kappa shape index (κ2) is 9.60. The van der Waals surface area contributed by atoms with Gasteiger partial charge in [-0.2, -0.15) is 13.2 Å². The Bertz CT molecular complexity index is 1070. The van der Waals surface area contributed by atoms with Crippen LogP contribution in [0.15, 0.2) is 47.6 Å². The first-order valence-corrected chi connectivity index (χ1v) is 11.0. The summed E-state index contributed by atoms with van der Waals surface area (Å²) < 4.78 is 40.6. The average Bonchev–Trinajstić information content (AvgIpc) is 2.91. The van der Waals surface area contributed by atoms with Gasteiger partial charge in [-0.25, -0.2) is 14.5 Å². The van der Waals surface area contributed by atoms with Crippen LogP contribution in [-0.4, -0.2) is 51.9 Å². The maximum atomic E-state index is 13.1. The highest BCUT2D eigenvalue weighted by Gasteiger charge is 2.51. The van der Waals surface area contributed by atoms with E-state index >= 15 is 0 Å². The van der Waals surface area contributed by atoms with Crippen LogP contribution in [0.5, 0.6) is 0 Å². The number of pyridine rings is 1. The highest BCUT2D eigenvalue weighted by Crippen LogP contribution is 2.37. The molecule has 0 N–H and O–H groups in total. The van der Waals surface area contributed by atoms with E-state index in [1.165, 1.54) is 17.0 Å². The lowest BCUT2D eigenvalue weighted by Crippen LogP contribution is -2.43. The Kier molecular flexibility index (Phi) is 7.23. The van der Waals surface area contributed by atoms with Crippen LogP contribution in [0, 0.1) is 0 Å². The molecule has 1 aliphatic heterocycles. The van der Waals surface area contributed by atoms with Gasteiger partial charge in [-0.15, -0.1) is 11.8 Å². The zero-order chi connectivity index (χ0) is 24.4. The van der Waals surface area contributed by atoms with E-state index in [2.05, 4.69) is 9.72 Å². The van der Waals surface area contributed by atoms with Crippen LogP contribution in [0.4, 0.5) is 23.7 Å². The first-order chi connectivity index (χ1) is 15.4. The highest BCUT2D eigenvalue weighted by atomic mass is 35.5. The normalized spacial score (nSPS) is 15.8. The maximum absolute atomic E-state index is 13.1. The zero-order valence-corrected chi connectivity index (χ0v) is 19.1. The average molecular weight is 502 g/mol. The molecule has 176 valence electrons. The maximum Gasteiger partial charge on any atom is 0.490 e. The van der Waals surface area contributed by atoms with E-state index in [9.17, 15) is 27.6 Å². The quantitative estimate of drug-likeness (QED) is 0.237. The molecule has 0 atom stereocenters. The van der Waals surface area contributed by atoms with Crippen molar-refractivity contribution in [3.8, 4) is 0 Å². The molecule has 12 heteroatoms. The number of nitrogens with zero attached hydrogens (tertiary/aromatic N) is 3. The van der Waals surface area contributed by atoms with Crippen molar-refractivity contribution in [1.29, 1.82) is 0 Å². The highest BCUT2D eigenvalue weighted by molar-refractivity contribution is 7.99. The van der Waals surface area contributed by atoms with Gasteiger partial charge in [0.2, 0.25) is 0 Å². The lowest BCUT2D eigenvalue weighted by Gasteiger charge is -2.27. The van der Waals surface area contributed by atoms with Crippen LogP contribution in [0.1, 0.15) is 19.4 Å². The van der Waals surface area contributed by atoms with E-state index < -0.39 is 36.2 Å². The number of hydrogen-bond donors (Lipinski definition) is 0. The van der Waals surface area contributed by atoms with E-state index in [0.29, 0.717) is 4.90 Å². The number of benzene rings is 1. The van der Waals surface area contributed by atoms with Crippen molar-refractivity contribution in [2.45, 2.75) is 37.0 Å². The van der Waals surface area contributed by atoms with Gasteiger partial charge < -0.3 is 9.64 Å². The SMILES string of the molecule is CC1(C)C(=O)N(c2ccc(SCCOC(=O)C(F)(F)F)c(Cl)c2)C(=O)N1Cc1ccncc1. The van der Waals surface area contributed by atoms with Crippen molar-refractivity contribution in [3.63, 3.8) is 0 Å². The van der Waals surface area contributed by atoms with Crippen molar-refractivity contribution in [1.82, 2.24) is 9.88 Å². The predicted molar refractivity (Wildman–Crippen MR) is 116 cm³/mol. The fraction of sp³-hybridized carbons (Fsp3) is 0.333. The number of anilines is 1. The first kappa shape index (κ1) is 24.8. The minimum absolute atomic E-state index is 0.0369. The molecule has 1 aromatic carbocycles. The number of amides is 3. The third kappa shape index (κ3) is 5.41. The molecule has 0 radical (unpaired) electrons. The Labute approximate surface area is 196 Å². The number of hydrogen-bond acceptors (Lipinski definition) is 6. The monoisotopic (exact) mass is 501 g/mol. The van der Waals surface area contributed by atoms with E-state index in [4.69, 9.17) is 11.6 Å². The van der Waals surface area contributed by atoms with Gasteiger partial charge in [0.1, 0.15) is 12.1 Å². The number of ether oxygens (including phenoxy) is 1. The molecule has 0 saturated carbocycles. The molecule has 3 amide bonds. The van der Waals surface area contributed by atoms with Crippen LogP contribution in [-0.2, 0) is 20.9 Å². The number of urea groups is 1. The number of alkyl halides is 3. The minimum atomic E-state index is -5.04. The summed E-state index contributed by atoms with van der Waals surface area (Å²) >= 11 is 7.35. The summed E-state index contributed by atoms with van der Waals surface area (Å²) in [7, 11) is 0. The summed E-state index contributed by atoms with van der Waals surface area (Å²) in [6.45, 7) is 3.07. The van der Waals surface area contributed by atoms with Crippen LogP contribution in [0.2, 0.25) is 5.02 Å².